The van der Waals surface area contributed by atoms with Crippen molar-refractivity contribution in [2.24, 2.45) is 0 Å². The zero-order valence-electron chi connectivity index (χ0n) is 12.1. The second-order valence-corrected chi connectivity index (χ2v) is 4.62. The highest BCUT2D eigenvalue weighted by Crippen LogP contribution is 2.22. The van der Waals surface area contributed by atoms with Crippen molar-refractivity contribution < 1.29 is 4.74 Å². The van der Waals surface area contributed by atoms with Crippen molar-refractivity contribution in [3.63, 3.8) is 0 Å². The van der Waals surface area contributed by atoms with Crippen LogP contribution in [-0.2, 0) is 13.0 Å². The average Bonchev–Trinajstić information content (AvgIpc) is 2.75. The number of imidazole rings is 1. The molecule has 104 valence electrons. The Morgan fingerprint density at radius 2 is 2.16 bits per heavy atom. The summed E-state index contributed by atoms with van der Waals surface area (Å²) in [5.41, 5.74) is 2.24. The monoisotopic (exact) mass is 261 g/mol. The van der Waals surface area contributed by atoms with Crippen molar-refractivity contribution in [3.8, 4) is 5.75 Å². The van der Waals surface area contributed by atoms with Crippen LogP contribution in [0.15, 0.2) is 18.2 Å². The number of fused-ring (bicyclic) bond motifs is 1. The van der Waals surface area contributed by atoms with Gasteiger partial charge in [0.1, 0.15) is 11.6 Å². The van der Waals surface area contributed by atoms with Gasteiger partial charge in [0.2, 0.25) is 0 Å². The van der Waals surface area contributed by atoms with Crippen molar-refractivity contribution >= 4 is 11.0 Å². The van der Waals surface area contributed by atoms with Crippen molar-refractivity contribution in [2.75, 3.05) is 20.2 Å². The van der Waals surface area contributed by atoms with Gasteiger partial charge in [-0.05, 0) is 32.5 Å². The molecule has 0 aliphatic carbocycles. The molecule has 0 unspecified atom stereocenters. The molecule has 2 aromatic rings. The summed E-state index contributed by atoms with van der Waals surface area (Å²) in [5, 5.41) is 3.18. The zero-order chi connectivity index (χ0) is 13.7. The van der Waals surface area contributed by atoms with Crippen LogP contribution in [0.4, 0.5) is 0 Å². The third-order valence-electron chi connectivity index (χ3n) is 3.16. The van der Waals surface area contributed by atoms with Crippen LogP contribution in [-0.4, -0.2) is 29.8 Å². The molecule has 0 fully saturated rings. The Labute approximate surface area is 114 Å². The molecule has 4 nitrogen and oxygen atoms in total. The molecule has 0 spiro atoms. The molecule has 0 amide bonds. The summed E-state index contributed by atoms with van der Waals surface area (Å²) in [5.74, 6) is 2.05. The number of aryl methyl sites for hydroxylation is 1. The quantitative estimate of drug-likeness (QED) is 0.832. The number of nitrogens with zero attached hydrogens (tertiary/aromatic N) is 2. The number of ether oxygens (including phenoxy) is 1. The fraction of sp³-hybridized carbons (Fsp3) is 0.533. The van der Waals surface area contributed by atoms with E-state index in [-0.39, 0.29) is 0 Å². The maximum absolute atomic E-state index is 5.54. The highest BCUT2D eigenvalue weighted by Gasteiger charge is 2.10. The summed E-state index contributed by atoms with van der Waals surface area (Å²) >= 11 is 0. The Balaban J connectivity index is 2.39. The third kappa shape index (κ3) is 3.07. The van der Waals surface area contributed by atoms with Gasteiger partial charge in [0.15, 0.2) is 0 Å². The number of hydrogen-bond acceptors (Lipinski definition) is 3. The standard InChI is InChI=1S/C15H23N3O/c1-4-10-18-14-7-6-12(19-5-2)11-13(14)17-15(18)8-9-16-3/h6-7,11,16H,4-5,8-10H2,1-3H3. The smallest absolute Gasteiger partial charge is 0.121 e. The fourth-order valence-electron chi connectivity index (χ4n) is 2.32. The average molecular weight is 261 g/mol. The van der Waals surface area contributed by atoms with Gasteiger partial charge < -0.3 is 14.6 Å². The van der Waals surface area contributed by atoms with Crippen LogP contribution in [0.1, 0.15) is 26.1 Å². The molecule has 19 heavy (non-hydrogen) atoms. The number of rotatable bonds is 7. The lowest BCUT2D eigenvalue weighted by Gasteiger charge is -2.07. The lowest BCUT2D eigenvalue weighted by Crippen LogP contribution is -2.14. The van der Waals surface area contributed by atoms with E-state index < -0.39 is 0 Å². The van der Waals surface area contributed by atoms with Crippen molar-refractivity contribution in [3.05, 3.63) is 24.0 Å². The molecule has 2 rings (SSSR count). The fourth-order valence-corrected chi connectivity index (χ4v) is 2.32. The topological polar surface area (TPSA) is 39.1 Å². The van der Waals surface area contributed by atoms with E-state index in [0.717, 1.165) is 43.0 Å². The molecule has 0 aliphatic heterocycles. The summed E-state index contributed by atoms with van der Waals surface area (Å²) in [4.78, 5) is 4.75. The molecule has 0 saturated heterocycles. The lowest BCUT2D eigenvalue weighted by molar-refractivity contribution is 0.340. The van der Waals surface area contributed by atoms with Crippen LogP contribution in [0.25, 0.3) is 11.0 Å². The van der Waals surface area contributed by atoms with E-state index in [9.17, 15) is 0 Å². The van der Waals surface area contributed by atoms with Crippen LogP contribution in [0.2, 0.25) is 0 Å². The van der Waals surface area contributed by atoms with Crippen LogP contribution in [0.5, 0.6) is 5.75 Å². The maximum atomic E-state index is 5.54. The van der Waals surface area contributed by atoms with E-state index in [1.807, 2.05) is 26.1 Å². The van der Waals surface area contributed by atoms with Gasteiger partial charge in [0.05, 0.1) is 17.6 Å². The summed E-state index contributed by atoms with van der Waals surface area (Å²) in [7, 11) is 1.97. The number of nitrogens with one attached hydrogen (secondary N) is 1. The van der Waals surface area contributed by atoms with Gasteiger partial charge in [0, 0.05) is 25.6 Å². The Bertz CT molecular complexity index is 533. The molecule has 1 heterocycles. The van der Waals surface area contributed by atoms with Gasteiger partial charge in [-0.3, -0.25) is 0 Å². The van der Waals surface area contributed by atoms with E-state index in [0.29, 0.717) is 6.61 Å². The first-order valence-corrected chi connectivity index (χ1v) is 7.06. The van der Waals surface area contributed by atoms with E-state index in [1.165, 1.54) is 5.52 Å². The number of benzene rings is 1. The predicted octanol–water partition coefficient (Wildman–Crippen LogP) is 2.61. The number of aromatic nitrogens is 2. The molecule has 0 radical (unpaired) electrons. The molecule has 0 saturated carbocycles. The molecule has 0 aliphatic rings. The Kier molecular flexibility index (Phi) is 4.80. The minimum atomic E-state index is 0.688. The van der Waals surface area contributed by atoms with Crippen LogP contribution in [0, 0.1) is 0 Å². The molecule has 4 heteroatoms. The first-order chi connectivity index (χ1) is 9.30. The Morgan fingerprint density at radius 1 is 1.32 bits per heavy atom. The highest BCUT2D eigenvalue weighted by atomic mass is 16.5. The molecule has 1 aromatic heterocycles. The second kappa shape index (κ2) is 6.57. The van der Waals surface area contributed by atoms with E-state index in [2.05, 4.69) is 22.9 Å². The van der Waals surface area contributed by atoms with Crippen LogP contribution in [0.3, 0.4) is 0 Å². The van der Waals surface area contributed by atoms with Crippen molar-refractivity contribution in [1.29, 1.82) is 0 Å². The normalized spacial score (nSPS) is 11.1. The van der Waals surface area contributed by atoms with Crippen molar-refractivity contribution in [2.45, 2.75) is 33.2 Å². The van der Waals surface area contributed by atoms with Gasteiger partial charge in [0.25, 0.3) is 0 Å². The second-order valence-electron chi connectivity index (χ2n) is 4.62. The Hall–Kier alpha value is -1.55. The molecule has 0 bridgehead atoms. The van der Waals surface area contributed by atoms with Gasteiger partial charge in [-0.2, -0.15) is 0 Å². The SMILES string of the molecule is CCCn1c(CCNC)nc2cc(OCC)ccc21. The van der Waals surface area contributed by atoms with E-state index in [4.69, 9.17) is 9.72 Å². The molecular weight excluding hydrogens is 238 g/mol. The molecule has 0 atom stereocenters. The van der Waals surface area contributed by atoms with E-state index >= 15 is 0 Å². The molecule has 1 N–H and O–H groups in total. The maximum Gasteiger partial charge on any atom is 0.121 e. The summed E-state index contributed by atoms with van der Waals surface area (Å²) < 4.78 is 7.86. The number of likely N-dealkylation sites (N-methyl/N-ethyl adjacent to an activating group) is 1. The predicted molar refractivity (Wildman–Crippen MR) is 78.8 cm³/mol. The van der Waals surface area contributed by atoms with E-state index in [1.54, 1.807) is 0 Å². The Morgan fingerprint density at radius 3 is 2.84 bits per heavy atom. The van der Waals surface area contributed by atoms with Gasteiger partial charge >= 0.3 is 0 Å². The van der Waals surface area contributed by atoms with Gasteiger partial charge in [-0.15, -0.1) is 0 Å². The highest BCUT2D eigenvalue weighted by molar-refractivity contribution is 5.77. The van der Waals surface area contributed by atoms with Crippen LogP contribution < -0.4 is 10.1 Å². The van der Waals surface area contributed by atoms with Crippen LogP contribution >= 0.6 is 0 Å². The lowest BCUT2D eigenvalue weighted by atomic mass is 10.3. The summed E-state index contributed by atoms with van der Waals surface area (Å²) in [6.07, 6.45) is 2.07. The largest absolute Gasteiger partial charge is 0.494 e. The summed E-state index contributed by atoms with van der Waals surface area (Å²) in [6, 6.07) is 6.18. The zero-order valence-corrected chi connectivity index (χ0v) is 12.1. The molecular formula is C15H23N3O. The third-order valence-corrected chi connectivity index (χ3v) is 3.16. The first-order valence-electron chi connectivity index (χ1n) is 7.06. The van der Waals surface area contributed by atoms with Gasteiger partial charge in [-0.1, -0.05) is 6.92 Å². The van der Waals surface area contributed by atoms with Crippen molar-refractivity contribution in [1.82, 2.24) is 14.9 Å². The summed E-state index contributed by atoms with van der Waals surface area (Å²) in [6.45, 7) is 6.85. The molecule has 1 aromatic carbocycles. The minimum absolute atomic E-state index is 0.688. The minimum Gasteiger partial charge on any atom is -0.494 e. The van der Waals surface area contributed by atoms with Gasteiger partial charge in [-0.25, -0.2) is 4.98 Å². The number of hydrogen-bond donors (Lipinski definition) is 1. The first kappa shape index (κ1) is 13.9.